The van der Waals surface area contributed by atoms with Gasteiger partial charge in [0.15, 0.2) is 5.84 Å². The summed E-state index contributed by atoms with van der Waals surface area (Å²) < 4.78 is 5.70. The van der Waals surface area contributed by atoms with E-state index in [1.807, 2.05) is 49.4 Å². The van der Waals surface area contributed by atoms with Crippen molar-refractivity contribution < 1.29 is 9.94 Å². The molecule has 5 heteroatoms. The molecule has 0 aliphatic carbocycles. The molecule has 4 nitrogen and oxygen atoms in total. The molecule has 0 atom stereocenters. The average Bonchev–Trinajstić information content (AvgIpc) is 2.50. The van der Waals surface area contributed by atoms with Crippen LogP contribution < -0.4 is 5.73 Å². The second-order valence-electron chi connectivity index (χ2n) is 4.75. The number of aryl methyl sites for hydroxylation is 1. The van der Waals surface area contributed by atoms with Gasteiger partial charge in [-0.1, -0.05) is 41.0 Å². The Balaban J connectivity index is 1.96. The number of ether oxygens (including phenoxy) is 1. The Bertz CT molecular complexity index is 639. The van der Waals surface area contributed by atoms with Gasteiger partial charge in [0.25, 0.3) is 0 Å². The summed E-state index contributed by atoms with van der Waals surface area (Å²) >= 11 is 5.84. The largest absolute Gasteiger partial charge is 0.409 e. The molecule has 0 heterocycles. The Morgan fingerprint density at radius 2 is 1.90 bits per heavy atom. The third-order valence-electron chi connectivity index (χ3n) is 3.19. The Hall–Kier alpha value is -2.04. The van der Waals surface area contributed by atoms with Crippen LogP contribution in [-0.2, 0) is 18.0 Å². The Labute approximate surface area is 128 Å². The molecule has 3 N–H and O–H groups in total. The van der Waals surface area contributed by atoms with Crippen molar-refractivity contribution in [3.05, 3.63) is 69.7 Å². The molecule has 0 amide bonds. The van der Waals surface area contributed by atoms with E-state index in [0.29, 0.717) is 23.8 Å². The van der Waals surface area contributed by atoms with Gasteiger partial charge in [-0.15, -0.1) is 0 Å². The fraction of sp³-hybridized carbons (Fsp3) is 0.188. The fourth-order valence-electron chi connectivity index (χ4n) is 1.93. The lowest BCUT2D eigenvalue weighted by molar-refractivity contribution is 0.107. The van der Waals surface area contributed by atoms with Gasteiger partial charge in [0.1, 0.15) is 0 Å². The van der Waals surface area contributed by atoms with E-state index in [-0.39, 0.29) is 5.84 Å². The molecule has 110 valence electrons. The number of rotatable bonds is 5. The number of halogens is 1. The van der Waals surface area contributed by atoms with Crippen molar-refractivity contribution in [3.63, 3.8) is 0 Å². The summed E-state index contributed by atoms with van der Waals surface area (Å²) in [5, 5.41) is 12.4. The lowest BCUT2D eigenvalue weighted by Gasteiger charge is -2.09. The molecule has 2 rings (SSSR count). The summed E-state index contributed by atoms with van der Waals surface area (Å²) in [7, 11) is 0. The van der Waals surface area contributed by atoms with Gasteiger partial charge in [-0.05, 0) is 41.8 Å². The molecule has 21 heavy (non-hydrogen) atoms. The molecule has 0 aromatic heterocycles. The molecular formula is C16H17ClN2O2. The highest BCUT2D eigenvalue weighted by atomic mass is 35.5. The molecule has 0 unspecified atom stereocenters. The first-order valence-electron chi connectivity index (χ1n) is 6.50. The van der Waals surface area contributed by atoms with Crippen LogP contribution >= 0.6 is 11.6 Å². The van der Waals surface area contributed by atoms with Crippen LogP contribution in [0.5, 0.6) is 0 Å². The highest BCUT2D eigenvalue weighted by molar-refractivity contribution is 6.30. The molecule has 2 aromatic carbocycles. The van der Waals surface area contributed by atoms with Crippen LogP contribution in [0.4, 0.5) is 0 Å². The Morgan fingerprint density at radius 3 is 2.52 bits per heavy atom. The molecule has 0 radical (unpaired) electrons. The zero-order chi connectivity index (χ0) is 15.2. The van der Waals surface area contributed by atoms with Gasteiger partial charge in [-0.2, -0.15) is 0 Å². The number of hydrogen-bond donors (Lipinski definition) is 2. The normalized spacial score (nSPS) is 11.6. The van der Waals surface area contributed by atoms with E-state index in [0.717, 1.165) is 16.7 Å². The van der Waals surface area contributed by atoms with Crippen molar-refractivity contribution in [2.45, 2.75) is 20.1 Å². The standard InChI is InChI=1S/C16H17ClN2O2/c1-11-8-13(16(18)19-20)4-5-14(11)10-21-9-12-2-6-15(17)7-3-12/h2-8,20H,9-10H2,1H3,(H2,18,19). The van der Waals surface area contributed by atoms with E-state index in [9.17, 15) is 0 Å². The lowest BCUT2D eigenvalue weighted by Crippen LogP contribution is -2.13. The molecule has 2 aromatic rings. The predicted octanol–water partition coefficient (Wildman–Crippen LogP) is 3.46. The van der Waals surface area contributed by atoms with Gasteiger partial charge >= 0.3 is 0 Å². The second-order valence-corrected chi connectivity index (χ2v) is 5.18. The van der Waals surface area contributed by atoms with Gasteiger partial charge in [0.05, 0.1) is 13.2 Å². The molecular weight excluding hydrogens is 288 g/mol. The number of benzene rings is 2. The first-order chi connectivity index (χ1) is 10.1. The van der Waals surface area contributed by atoms with Gasteiger partial charge < -0.3 is 15.7 Å². The summed E-state index contributed by atoms with van der Waals surface area (Å²) in [6.07, 6.45) is 0. The van der Waals surface area contributed by atoms with E-state index >= 15 is 0 Å². The van der Waals surface area contributed by atoms with E-state index in [2.05, 4.69) is 5.16 Å². The fourth-order valence-corrected chi connectivity index (χ4v) is 2.06. The van der Waals surface area contributed by atoms with Crippen molar-refractivity contribution in [3.8, 4) is 0 Å². The van der Waals surface area contributed by atoms with Crippen molar-refractivity contribution in [2.75, 3.05) is 0 Å². The van der Waals surface area contributed by atoms with E-state index < -0.39 is 0 Å². The van der Waals surface area contributed by atoms with Crippen molar-refractivity contribution in [2.24, 2.45) is 10.9 Å². The first kappa shape index (κ1) is 15.4. The summed E-state index contributed by atoms with van der Waals surface area (Å²) in [6, 6.07) is 13.2. The van der Waals surface area contributed by atoms with Crippen LogP contribution in [0.15, 0.2) is 47.6 Å². The molecule has 0 aliphatic rings. The van der Waals surface area contributed by atoms with Gasteiger partial charge in [0, 0.05) is 10.6 Å². The van der Waals surface area contributed by atoms with Crippen LogP contribution in [0, 0.1) is 6.92 Å². The van der Waals surface area contributed by atoms with Gasteiger partial charge in [-0.25, -0.2) is 0 Å². The minimum absolute atomic E-state index is 0.103. The van der Waals surface area contributed by atoms with Crippen LogP contribution in [0.2, 0.25) is 5.02 Å². The van der Waals surface area contributed by atoms with Gasteiger partial charge in [0.2, 0.25) is 0 Å². The van der Waals surface area contributed by atoms with Crippen LogP contribution in [-0.4, -0.2) is 11.0 Å². The van der Waals surface area contributed by atoms with E-state index in [4.69, 9.17) is 27.3 Å². The molecule has 0 bridgehead atoms. The third-order valence-corrected chi connectivity index (χ3v) is 3.44. The van der Waals surface area contributed by atoms with Crippen molar-refractivity contribution in [1.29, 1.82) is 0 Å². The van der Waals surface area contributed by atoms with Gasteiger partial charge in [-0.3, -0.25) is 0 Å². The second kappa shape index (κ2) is 7.11. The zero-order valence-electron chi connectivity index (χ0n) is 11.7. The highest BCUT2D eigenvalue weighted by Crippen LogP contribution is 2.14. The molecule has 0 saturated heterocycles. The first-order valence-corrected chi connectivity index (χ1v) is 6.87. The summed E-state index contributed by atoms with van der Waals surface area (Å²) in [6.45, 7) is 3.00. The number of nitrogens with zero attached hydrogens (tertiary/aromatic N) is 1. The number of amidine groups is 1. The molecule has 0 saturated carbocycles. The SMILES string of the molecule is Cc1cc(/C(N)=N/O)ccc1COCc1ccc(Cl)cc1. The maximum absolute atomic E-state index is 8.66. The predicted molar refractivity (Wildman–Crippen MR) is 83.6 cm³/mol. The number of nitrogens with two attached hydrogens (primary N) is 1. The Morgan fingerprint density at radius 1 is 1.19 bits per heavy atom. The summed E-state index contributed by atoms with van der Waals surface area (Å²) in [5.41, 5.74) is 9.43. The van der Waals surface area contributed by atoms with E-state index in [1.54, 1.807) is 0 Å². The van der Waals surface area contributed by atoms with E-state index in [1.165, 1.54) is 0 Å². The van der Waals surface area contributed by atoms with Crippen LogP contribution in [0.1, 0.15) is 22.3 Å². The minimum Gasteiger partial charge on any atom is -0.409 e. The minimum atomic E-state index is 0.103. The average molecular weight is 305 g/mol. The maximum Gasteiger partial charge on any atom is 0.170 e. The van der Waals surface area contributed by atoms with Crippen LogP contribution in [0.3, 0.4) is 0 Å². The number of hydrogen-bond acceptors (Lipinski definition) is 3. The lowest BCUT2D eigenvalue weighted by atomic mass is 10.1. The molecule has 0 spiro atoms. The maximum atomic E-state index is 8.66. The van der Waals surface area contributed by atoms with Crippen LogP contribution in [0.25, 0.3) is 0 Å². The van der Waals surface area contributed by atoms with Crippen molar-refractivity contribution >= 4 is 17.4 Å². The molecule has 0 fully saturated rings. The summed E-state index contributed by atoms with van der Waals surface area (Å²) in [4.78, 5) is 0. The third kappa shape index (κ3) is 4.21. The highest BCUT2D eigenvalue weighted by Gasteiger charge is 2.04. The smallest absolute Gasteiger partial charge is 0.170 e. The molecule has 0 aliphatic heterocycles. The Kier molecular flexibility index (Phi) is 5.20. The monoisotopic (exact) mass is 304 g/mol. The summed E-state index contributed by atoms with van der Waals surface area (Å²) in [5.74, 6) is 0.103. The zero-order valence-corrected chi connectivity index (χ0v) is 12.5. The number of oxime groups is 1. The quantitative estimate of drug-likeness (QED) is 0.385. The topological polar surface area (TPSA) is 67.8 Å². The van der Waals surface area contributed by atoms with Crippen molar-refractivity contribution in [1.82, 2.24) is 0 Å².